The molecule has 1 aliphatic rings. The Hall–Kier alpha value is 0.890. The third kappa shape index (κ3) is 2.68. The van der Waals surface area contributed by atoms with Crippen molar-refractivity contribution in [3.8, 4) is 0 Å². The zero-order valence-electron chi connectivity index (χ0n) is 7.46. The Labute approximate surface area is 88.9 Å². The standard InChI is InChI=1S/C7H13Cl2O3P/c1-2-13(10)11-5-7(3-8,4-9)6-12-13/h2-6H2,1H3. The van der Waals surface area contributed by atoms with Gasteiger partial charge in [0.15, 0.2) is 0 Å². The second-order valence-corrected chi connectivity index (χ2v) is 6.15. The second-order valence-electron chi connectivity index (χ2n) is 3.24. The topological polar surface area (TPSA) is 41.5 Å². The molecule has 1 aliphatic heterocycles. The van der Waals surface area contributed by atoms with Crippen LogP contribution < -0.4 is 4.89 Å². The van der Waals surface area contributed by atoms with Crippen LogP contribution in [0.1, 0.15) is 6.92 Å². The van der Waals surface area contributed by atoms with Crippen molar-refractivity contribution < 1.29 is 13.9 Å². The van der Waals surface area contributed by atoms with Crippen LogP contribution in [-0.2, 0) is 9.05 Å². The molecule has 0 atom stereocenters. The molecule has 0 bridgehead atoms. The lowest BCUT2D eigenvalue weighted by molar-refractivity contribution is -0.232. The molecule has 0 aromatic heterocycles. The summed E-state index contributed by atoms with van der Waals surface area (Å²) in [5, 5.41) is 0. The van der Waals surface area contributed by atoms with E-state index in [9.17, 15) is 4.89 Å². The molecule has 13 heavy (non-hydrogen) atoms. The van der Waals surface area contributed by atoms with Crippen molar-refractivity contribution >= 4 is 31.1 Å². The summed E-state index contributed by atoms with van der Waals surface area (Å²) in [7, 11) is -2.82. The highest BCUT2D eigenvalue weighted by Crippen LogP contribution is 2.57. The molecule has 0 amide bonds. The smallest absolute Gasteiger partial charge is 0.237 e. The molecule has 6 heteroatoms. The van der Waals surface area contributed by atoms with Gasteiger partial charge in [-0.25, -0.2) is 9.05 Å². The van der Waals surface area contributed by atoms with Crippen molar-refractivity contribution in [3.63, 3.8) is 0 Å². The van der Waals surface area contributed by atoms with Gasteiger partial charge in [0.25, 0.3) is 0 Å². The van der Waals surface area contributed by atoms with Crippen molar-refractivity contribution in [2.24, 2.45) is 5.41 Å². The van der Waals surface area contributed by atoms with Crippen LogP contribution in [0.2, 0.25) is 0 Å². The van der Waals surface area contributed by atoms with Crippen LogP contribution >= 0.6 is 31.1 Å². The average Bonchev–Trinajstić information content (AvgIpc) is 2.20. The maximum Gasteiger partial charge on any atom is 0.237 e. The van der Waals surface area contributed by atoms with Crippen LogP contribution in [0.5, 0.6) is 0 Å². The normalized spacial score (nSPS) is 25.8. The number of hydrogen-bond acceptors (Lipinski definition) is 3. The molecule has 3 nitrogen and oxygen atoms in total. The third-order valence-corrected chi connectivity index (χ3v) is 5.04. The van der Waals surface area contributed by atoms with Gasteiger partial charge in [-0.1, -0.05) is 0 Å². The third-order valence-electron chi connectivity index (χ3n) is 2.09. The van der Waals surface area contributed by atoms with Crippen LogP contribution in [0.4, 0.5) is 0 Å². The molecule has 0 unspecified atom stereocenters. The van der Waals surface area contributed by atoms with E-state index in [1.54, 1.807) is 6.92 Å². The molecule has 0 saturated carbocycles. The maximum absolute atomic E-state index is 11.6. The van der Waals surface area contributed by atoms with Crippen molar-refractivity contribution in [2.75, 3.05) is 31.1 Å². The molecule has 1 saturated heterocycles. The Morgan fingerprint density at radius 1 is 1.31 bits per heavy atom. The van der Waals surface area contributed by atoms with Crippen LogP contribution in [0.3, 0.4) is 0 Å². The zero-order valence-corrected chi connectivity index (χ0v) is 9.87. The largest absolute Gasteiger partial charge is 0.631 e. The minimum Gasteiger partial charge on any atom is -0.631 e. The van der Waals surface area contributed by atoms with Gasteiger partial charge in [0.1, 0.15) is 19.4 Å². The molecule has 0 N–H and O–H groups in total. The van der Waals surface area contributed by atoms with Crippen molar-refractivity contribution in [1.29, 1.82) is 0 Å². The van der Waals surface area contributed by atoms with E-state index in [4.69, 9.17) is 32.2 Å². The molecular weight excluding hydrogens is 234 g/mol. The fourth-order valence-corrected chi connectivity index (χ4v) is 2.90. The summed E-state index contributed by atoms with van der Waals surface area (Å²) < 4.78 is 10.4. The Morgan fingerprint density at radius 2 is 1.77 bits per heavy atom. The fraction of sp³-hybridized carbons (Fsp3) is 1.00. The first-order chi connectivity index (χ1) is 6.10. The quantitative estimate of drug-likeness (QED) is 0.562. The molecule has 0 radical (unpaired) electrons. The van der Waals surface area contributed by atoms with Crippen LogP contribution in [-0.4, -0.2) is 31.1 Å². The van der Waals surface area contributed by atoms with Gasteiger partial charge >= 0.3 is 0 Å². The van der Waals surface area contributed by atoms with Crippen molar-refractivity contribution in [1.82, 2.24) is 0 Å². The molecule has 0 aromatic rings. The Kier molecular flexibility index (Phi) is 4.24. The monoisotopic (exact) mass is 246 g/mol. The molecule has 0 aromatic carbocycles. The van der Waals surface area contributed by atoms with Gasteiger partial charge in [-0.3, -0.25) is 0 Å². The van der Waals surface area contributed by atoms with E-state index >= 15 is 0 Å². The first kappa shape index (κ1) is 12.0. The highest BCUT2D eigenvalue weighted by atomic mass is 35.5. The van der Waals surface area contributed by atoms with Gasteiger partial charge in [0.2, 0.25) is 7.94 Å². The van der Waals surface area contributed by atoms with E-state index in [2.05, 4.69) is 0 Å². The lowest BCUT2D eigenvalue weighted by Crippen LogP contribution is -2.42. The molecule has 0 spiro atoms. The van der Waals surface area contributed by atoms with E-state index in [0.717, 1.165) is 0 Å². The predicted molar refractivity (Wildman–Crippen MR) is 53.2 cm³/mol. The lowest BCUT2D eigenvalue weighted by atomic mass is 9.96. The summed E-state index contributed by atoms with van der Waals surface area (Å²) in [6.07, 6.45) is 0.396. The van der Waals surface area contributed by atoms with E-state index < -0.39 is 7.94 Å². The summed E-state index contributed by atoms with van der Waals surface area (Å²) >= 11 is 11.5. The first-order valence-corrected chi connectivity index (χ1v) is 6.89. The van der Waals surface area contributed by atoms with Crippen LogP contribution in [0, 0.1) is 5.41 Å². The predicted octanol–water partition coefficient (Wildman–Crippen LogP) is 1.64. The molecule has 1 heterocycles. The summed E-state index contributed by atoms with van der Waals surface area (Å²) in [6.45, 7) is 2.42. The number of hydrogen-bond donors (Lipinski definition) is 0. The number of rotatable bonds is 3. The van der Waals surface area contributed by atoms with Gasteiger partial charge in [-0.2, -0.15) is 0 Å². The molecule has 1 fully saturated rings. The minimum absolute atomic E-state index is 0.325. The van der Waals surface area contributed by atoms with E-state index in [-0.39, 0.29) is 5.41 Å². The lowest BCUT2D eigenvalue weighted by Gasteiger charge is -2.39. The second kappa shape index (κ2) is 4.61. The van der Waals surface area contributed by atoms with Crippen LogP contribution in [0.15, 0.2) is 0 Å². The zero-order chi connectivity index (χ0) is 9.95. The Balaban J connectivity index is 2.54. The highest BCUT2D eigenvalue weighted by Gasteiger charge is 2.44. The summed E-state index contributed by atoms with van der Waals surface area (Å²) in [5.41, 5.74) is -0.369. The van der Waals surface area contributed by atoms with Crippen molar-refractivity contribution in [2.45, 2.75) is 6.92 Å². The van der Waals surface area contributed by atoms with Gasteiger partial charge in [0.05, 0.1) is 5.41 Å². The highest BCUT2D eigenvalue weighted by molar-refractivity contribution is 7.59. The Morgan fingerprint density at radius 3 is 2.08 bits per heavy atom. The SMILES string of the molecule is CC[P+]1([O-])OCC(CCl)(CCl)CO1. The van der Waals surface area contributed by atoms with Gasteiger partial charge in [-0.05, 0) is 6.92 Å². The maximum atomic E-state index is 11.6. The van der Waals surface area contributed by atoms with E-state index in [1.807, 2.05) is 0 Å². The fourth-order valence-electron chi connectivity index (χ4n) is 0.922. The molecular formula is C7H13Cl2O3P. The minimum atomic E-state index is -2.82. The molecule has 1 rings (SSSR count). The molecule has 0 aliphatic carbocycles. The van der Waals surface area contributed by atoms with E-state index in [1.165, 1.54) is 0 Å². The first-order valence-electron chi connectivity index (χ1n) is 4.10. The summed E-state index contributed by atoms with van der Waals surface area (Å²) in [6, 6.07) is 0. The average molecular weight is 247 g/mol. The van der Waals surface area contributed by atoms with Gasteiger partial charge in [0, 0.05) is 11.8 Å². The number of alkyl halides is 2. The van der Waals surface area contributed by atoms with Gasteiger partial charge in [-0.15, -0.1) is 23.2 Å². The summed E-state index contributed by atoms with van der Waals surface area (Å²) in [5.74, 6) is 0.723. The summed E-state index contributed by atoms with van der Waals surface area (Å²) in [4.78, 5) is 11.6. The van der Waals surface area contributed by atoms with Crippen molar-refractivity contribution in [3.05, 3.63) is 0 Å². The Bertz CT molecular complexity index is 165. The van der Waals surface area contributed by atoms with Crippen LogP contribution in [0.25, 0.3) is 0 Å². The number of halogens is 2. The van der Waals surface area contributed by atoms with Gasteiger partial charge < -0.3 is 4.89 Å². The van der Waals surface area contributed by atoms with E-state index in [0.29, 0.717) is 31.1 Å². The molecule has 78 valence electrons.